The molecule has 5 rings (SSSR count). The number of anilines is 1. The number of benzene rings is 3. The van der Waals surface area contributed by atoms with E-state index < -0.39 is 0 Å². The van der Waals surface area contributed by atoms with Crippen LogP contribution in [0.2, 0.25) is 0 Å². The van der Waals surface area contributed by atoms with Gasteiger partial charge in [0.1, 0.15) is 18.1 Å². The van der Waals surface area contributed by atoms with E-state index in [2.05, 4.69) is 36.0 Å². The number of ether oxygens (including phenoxy) is 2. The second-order valence-corrected chi connectivity index (χ2v) is 11.6. The van der Waals surface area contributed by atoms with Gasteiger partial charge in [-0.2, -0.15) is 0 Å². The zero-order chi connectivity index (χ0) is 28.1. The maximum absolute atomic E-state index is 15.0. The van der Waals surface area contributed by atoms with Crippen molar-refractivity contribution in [2.75, 3.05) is 39.3 Å². The number of aryl methyl sites for hydroxylation is 1. The van der Waals surface area contributed by atoms with Gasteiger partial charge in [-0.05, 0) is 97.7 Å². The van der Waals surface area contributed by atoms with Gasteiger partial charge < -0.3 is 24.4 Å². The van der Waals surface area contributed by atoms with Crippen molar-refractivity contribution in [3.8, 4) is 17.2 Å². The van der Waals surface area contributed by atoms with Crippen molar-refractivity contribution in [2.24, 2.45) is 0 Å². The summed E-state index contributed by atoms with van der Waals surface area (Å²) in [4.78, 5) is 4.54. The second-order valence-electron chi connectivity index (χ2n) is 11.6. The van der Waals surface area contributed by atoms with E-state index in [0.717, 1.165) is 42.8 Å². The molecule has 0 bridgehead atoms. The number of phenolic OH excluding ortho intramolecular Hbond substituents is 1. The molecule has 3 aromatic rings. The highest BCUT2D eigenvalue weighted by Crippen LogP contribution is 2.40. The lowest BCUT2D eigenvalue weighted by Crippen LogP contribution is -2.36. The molecule has 1 saturated carbocycles. The molecule has 40 heavy (non-hydrogen) atoms. The summed E-state index contributed by atoms with van der Waals surface area (Å²) in [6.07, 6.45) is 9.33. The van der Waals surface area contributed by atoms with Gasteiger partial charge in [-0.3, -0.25) is 0 Å². The number of hydrogen-bond donors (Lipinski definition) is 1. The molecule has 0 aliphatic heterocycles. The standard InChI is InChI=1S/C34H43FN2O3/c1-36(28-7-5-4-6-8-28)17-18-40-34-16-9-24(19-32(34)35)23-37(2)33-22-30(39-3)14-15-31(33)27-11-10-26-21-29(38)13-12-25(26)20-27/h9,12-16,19,21-22,27-28,38H,4-8,10-11,17-18,20,23H2,1-3H3. The Kier molecular flexibility index (Phi) is 9.15. The summed E-state index contributed by atoms with van der Waals surface area (Å²) in [5.74, 6) is 1.50. The summed E-state index contributed by atoms with van der Waals surface area (Å²) >= 11 is 0. The van der Waals surface area contributed by atoms with Gasteiger partial charge in [-0.25, -0.2) is 4.39 Å². The number of rotatable bonds is 10. The van der Waals surface area contributed by atoms with Crippen molar-refractivity contribution < 1.29 is 19.0 Å². The molecule has 1 N–H and O–H groups in total. The number of likely N-dealkylation sites (N-methyl/N-ethyl adjacent to an activating group) is 1. The van der Waals surface area contributed by atoms with Gasteiger partial charge in [0.05, 0.1) is 7.11 Å². The first-order valence-corrected chi connectivity index (χ1v) is 14.7. The van der Waals surface area contributed by atoms with Gasteiger partial charge in [0.25, 0.3) is 0 Å². The molecule has 0 radical (unpaired) electrons. The molecule has 214 valence electrons. The van der Waals surface area contributed by atoms with Gasteiger partial charge >= 0.3 is 0 Å². The van der Waals surface area contributed by atoms with Crippen molar-refractivity contribution >= 4 is 5.69 Å². The third-order valence-corrected chi connectivity index (χ3v) is 8.82. The van der Waals surface area contributed by atoms with Gasteiger partial charge in [-0.1, -0.05) is 37.5 Å². The van der Waals surface area contributed by atoms with Crippen LogP contribution in [0.15, 0.2) is 54.6 Å². The predicted octanol–water partition coefficient (Wildman–Crippen LogP) is 7.09. The minimum Gasteiger partial charge on any atom is -0.508 e. The Balaban J connectivity index is 1.24. The van der Waals surface area contributed by atoms with Gasteiger partial charge in [0.2, 0.25) is 0 Å². The molecule has 0 spiro atoms. The van der Waals surface area contributed by atoms with E-state index in [9.17, 15) is 5.11 Å². The zero-order valence-corrected chi connectivity index (χ0v) is 24.2. The number of nitrogens with zero attached hydrogens (tertiary/aromatic N) is 2. The van der Waals surface area contributed by atoms with E-state index >= 15 is 4.39 Å². The van der Waals surface area contributed by atoms with Gasteiger partial charge in [-0.15, -0.1) is 0 Å². The third kappa shape index (κ3) is 6.72. The maximum Gasteiger partial charge on any atom is 0.165 e. The molecule has 0 saturated heterocycles. The first kappa shape index (κ1) is 28.3. The highest BCUT2D eigenvalue weighted by molar-refractivity contribution is 5.59. The molecule has 1 unspecified atom stereocenters. The first-order chi connectivity index (χ1) is 19.4. The van der Waals surface area contributed by atoms with Crippen LogP contribution in [0, 0.1) is 5.82 Å². The molecule has 5 nitrogen and oxygen atoms in total. The molecule has 2 aliphatic carbocycles. The lowest BCUT2D eigenvalue weighted by molar-refractivity contribution is 0.158. The average molecular weight is 547 g/mol. The lowest BCUT2D eigenvalue weighted by atomic mass is 9.79. The Morgan fingerprint density at radius 3 is 2.52 bits per heavy atom. The minimum atomic E-state index is -0.316. The predicted molar refractivity (Wildman–Crippen MR) is 159 cm³/mol. The number of phenols is 1. The summed E-state index contributed by atoms with van der Waals surface area (Å²) in [6, 6.07) is 17.9. The van der Waals surface area contributed by atoms with Crippen LogP contribution in [-0.2, 0) is 19.4 Å². The normalized spacial score (nSPS) is 17.5. The van der Waals surface area contributed by atoms with Crippen LogP contribution in [0.1, 0.15) is 66.7 Å². The van der Waals surface area contributed by atoms with Crippen molar-refractivity contribution in [2.45, 2.75) is 69.9 Å². The Bertz CT molecular complexity index is 1290. The molecule has 6 heteroatoms. The topological polar surface area (TPSA) is 45.2 Å². The summed E-state index contributed by atoms with van der Waals surface area (Å²) in [5, 5.41) is 9.88. The Morgan fingerprint density at radius 2 is 1.75 bits per heavy atom. The summed E-state index contributed by atoms with van der Waals surface area (Å²) in [7, 11) is 5.89. The summed E-state index contributed by atoms with van der Waals surface area (Å²) in [6.45, 7) is 1.86. The van der Waals surface area contributed by atoms with Crippen LogP contribution >= 0.6 is 0 Å². The Labute approximate surface area is 238 Å². The number of halogens is 1. The van der Waals surface area contributed by atoms with E-state index in [1.165, 1.54) is 48.8 Å². The quantitative estimate of drug-likeness (QED) is 0.294. The molecule has 1 fully saturated rings. The zero-order valence-electron chi connectivity index (χ0n) is 24.2. The number of fused-ring (bicyclic) bond motifs is 1. The Hall–Kier alpha value is -3.25. The number of methoxy groups -OCH3 is 1. The van der Waals surface area contributed by atoms with Crippen molar-refractivity contribution in [1.29, 1.82) is 0 Å². The monoisotopic (exact) mass is 546 g/mol. The fraction of sp³-hybridized carbons (Fsp3) is 0.471. The smallest absolute Gasteiger partial charge is 0.165 e. The fourth-order valence-electron chi connectivity index (χ4n) is 6.46. The summed E-state index contributed by atoms with van der Waals surface area (Å²) < 4.78 is 26.5. The lowest BCUT2D eigenvalue weighted by Gasteiger charge is -2.31. The van der Waals surface area contributed by atoms with Crippen molar-refractivity contribution in [3.05, 3.63) is 82.7 Å². The van der Waals surface area contributed by atoms with Gasteiger partial charge in [0, 0.05) is 37.9 Å². The summed E-state index contributed by atoms with van der Waals surface area (Å²) in [5.41, 5.74) is 5.78. The van der Waals surface area contributed by atoms with Crippen molar-refractivity contribution in [1.82, 2.24) is 4.90 Å². The maximum atomic E-state index is 15.0. The SMILES string of the molecule is COc1ccc(C2CCc3cc(O)ccc3C2)c(N(C)Cc2ccc(OCCN(C)C3CCCCC3)c(F)c2)c1. The van der Waals surface area contributed by atoms with E-state index in [1.807, 2.05) is 24.3 Å². The number of hydrogen-bond acceptors (Lipinski definition) is 5. The van der Waals surface area contributed by atoms with Crippen LogP contribution in [0.25, 0.3) is 0 Å². The molecule has 0 amide bonds. The van der Waals surface area contributed by atoms with Gasteiger partial charge in [0.15, 0.2) is 11.6 Å². The van der Waals surface area contributed by atoms with E-state index in [4.69, 9.17) is 9.47 Å². The molecular formula is C34H43FN2O3. The number of aromatic hydroxyl groups is 1. The van der Waals surface area contributed by atoms with Crippen LogP contribution in [0.5, 0.6) is 17.2 Å². The first-order valence-electron chi connectivity index (χ1n) is 14.7. The average Bonchev–Trinajstić information content (AvgIpc) is 2.98. The molecular weight excluding hydrogens is 503 g/mol. The van der Waals surface area contributed by atoms with E-state index in [-0.39, 0.29) is 5.82 Å². The van der Waals surface area contributed by atoms with E-state index in [0.29, 0.717) is 36.6 Å². The van der Waals surface area contributed by atoms with E-state index in [1.54, 1.807) is 25.3 Å². The van der Waals surface area contributed by atoms with Crippen LogP contribution in [-0.4, -0.2) is 50.4 Å². The molecule has 0 aromatic heterocycles. The van der Waals surface area contributed by atoms with Crippen LogP contribution in [0.3, 0.4) is 0 Å². The molecule has 2 aliphatic rings. The largest absolute Gasteiger partial charge is 0.508 e. The second kappa shape index (κ2) is 12.9. The highest BCUT2D eigenvalue weighted by atomic mass is 19.1. The molecule has 1 atom stereocenters. The highest BCUT2D eigenvalue weighted by Gasteiger charge is 2.24. The van der Waals surface area contributed by atoms with Crippen molar-refractivity contribution in [3.63, 3.8) is 0 Å². The third-order valence-electron chi connectivity index (χ3n) is 8.82. The molecule has 0 heterocycles. The fourth-order valence-corrected chi connectivity index (χ4v) is 6.46. The van der Waals surface area contributed by atoms with Crippen LogP contribution < -0.4 is 14.4 Å². The Morgan fingerprint density at radius 1 is 0.925 bits per heavy atom. The molecule has 3 aromatic carbocycles. The minimum absolute atomic E-state index is 0.316. The van der Waals surface area contributed by atoms with Crippen LogP contribution in [0.4, 0.5) is 10.1 Å².